The van der Waals surface area contributed by atoms with E-state index in [9.17, 15) is 24.3 Å². The molecular weight excluding hydrogens is 396 g/mol. The maximum absolute atomic E-state index is 12.8. The molecule has 0 saturated carbocycles. The van der Waals surface area contributed by atoms with Gasteiger partial charge in [-0.1, -0.05) is 20.3 Å². The number of imidazole rings is 1. The van der Waals surface area contributed by atoms with Crippen molar-refractivity contribution in [3.05, 3.63) is 18.2 Å². The van der Waals surface area contributed by atoms with Gasteiger partial charge in [0.15, 0.2) is 0 Å². The normalized spacial score (nSPS) is 15.9. The Kier molecular flexibility index (Phi) is 9.92. The van der Waals surface area contributed by atoms with Crippen LogP contribution in [-0.2, 0) is 25.6 Å². The van der Waals surface area contributed by atoms with Crippen molar-refractivity contribution >= 4 is 23.7 Å². The van der Waals surface area contributed by atoms with Gasteiger partial charge in [0.2, 0.25) is 17.7 Å². The van der Waals surface area contributed by atoms with Crippen LogP contribution in [0.2, 0.25) is 0 Å². The quantitative estimate of drug-likeness (QED) is 0.196. The number of carboxylic acids is 1. The van der Waals surface area contributed by atoms with Gasteiger partial charge in [-0.05, 0) is 12.8 Å². The van der Waals surface area contributed by atoms with Crippen LogP contribution in [0.5, 0.6) is 0 Å². The average Bonchev–Trinajstić information content (AvgIpc) is 3.22. The minimum Gasteiger partial charge on any atom is -0.480 e. The third-order valence-corrected chi connectivity index (χ3v) is 4.72. The van der Waals surface area contributed by atoms with Gasteiger partial charge in [0, 0.05) is 18.3 Å². The summed E-state index contributed by atoms with van der Waals surface area (Å²) < 4.78 is 0. The molecule has 0 spiro atoms. The second-order valence-corrected chi connectivity index (χ2v) is 7.07. The van der Waals surface area contributed by atoms with Crippen molar-refractivity contribution in [2.75, 3.05) is 6.61 Å². The molecule has 0 aliphatic heterocycles. The van der Waals surface area contributed by atoms with Crippen LogP contribution >= 0.6 is 0 Å². The number of aliphatic carboxylic acids is 1. The predicted octanol–water partition coefficient (Wildman–Crippen LogP) is -2.12. The predicted molar refractivity (Wildman–Crippen MR) is 106 cm³/mol. The molecule has 0 aromatic carbocycles. The van der Waals surface area contributed by atoms with E-state index in [1.807, 2.05) is 13.8 Å². The monoisotopic (exact) mass is 426 g/mol. The average molecular weight is 426 g/mol. The molecule has 168 valence electrons. The summed E-state index contributed by atoms with van der Waals surface area (Å²) in [7, 11) is 0. The van der Waals surface area contributed by atoms with E-state index in [4.69, 9.17) is 10.8 Å². The second-order valence-electron chi connectivity index (χ2n) is 7.07. The number of carbonyl (C=O) groups is 4. The number of nitrogens with two attached hydrogens (primary N) is 1. The van der Waals surface area contributed by atoms with Gasteiger partial charge in [0.25, 0.3) is 0 Å². The zero-order valence-corrected chi connectivity index (χ0v) is 17.2. The molecule has 0 saturated heterocycles. The van der Waals surface area contributed by atoms with Crippen molar-refractivity contribution in [3.63, 3.8) is 0 Å². The molecular formula is C18H30N6O6. The van der Waals surface area contributed by atoms with E-state index in [1.165, 1.54) is 19.4 Å². The highest BCUT2D eigenvalue weighted by atomic mass is 16.4. The zero-order chi connectivity index (χ0) is 22.8. The lowest BCUT2D eigenvalue weighted by Gasteiger charge is -2.25. The van der Waals surface area contributed by atoms with Crippen molar-refractivity contribution < 1.29 is 29.4 Å². The number of hydrogen-bond acceptors (Lipinski definition) is 7. The first-order chi connectivity index (χ1) is 14.1. The first kappa shape index (κ1) is 25.0. The highest BCUT2D eigenvalue weighted by Crippen LogP contribution is 2.07. The Bertz CT molecular complexity index is 725. The Morgan fingerprint density at radius 2 is 1.70 bits per heavy atom. The highest BCUT2D eigenvalue weighted by Gasteiger charge is 2.30. The lowest BCUT2D eigenvalue weighted by Crippen LogP contribution is -2.58. The first-order valence-corrected chi connectivity index (χ1v) is 9.58. The van der Waals surface area contributed by atoms with Crippen molar-refractivity contribution in [2.24, 2.45) is 11.7 Å². The van der Waals surface area contributed by atoms with Gasteiger partial charge in [-0.3, -0.25) is 19.2 Å². The van der Waals surface area contributed by atoms with Gasteiger partial charge < -0.3 is 36.9 Å². The number of H-pyrrole nitrogens is 1. The van der Waals surface area contributed by atoms with Gasteiger partial charge in [-0.2, -0.15) is 0 Å². The molecule has 12 heteroatoms. The summed E-state index contributed by atoms with van der Waals surface area (Å²) >= 11 is 0. The molecule has 30 heavy (non-hydrogen) atoms. The highest BCUT2D eigenvalue weighted by molar-refractivity contribution is 5.94. The number of rotatable bonds is 12. The molecule has 0 bridgehead atoms. The van der Waals surface area contributed by atoms with E-state index in [-0.39, 0.29) is 12.3 Å². The molecule has 0 aliphatic rings. The number of aromatic nitrogens is 2. The molecule has 5 atom stereocenters. The van der Waals surface area contributed by atoms with E-state index in [1.54, 1.807) is 0 Å². The molecule has 0 aliphatic carbocycles. The molecule has 1 heterocycles. The van der Waals surface area contributed by atoms with Crippen molar-refractivity contribution in [2.45, 2.75) is 57.8 Å². The summed E-state index contributed by atoms with van der Waals surface area (Å²) in [6, 6.07) is -4.55. The number of aromatic amines is 1. The molecule has 5 unspecified atom stereocenters. The van der Waals surface area contributed by atoms with Gasteiger partial charge in [0.05, 0.1) is 19.0 Å². The maximum Gasteiger partial charge on any atom is 0.325 e. The van der Waals surface area contributed by atoms with Crippen molar-refractivity contribution in [3.8, 4) is 0 Å². The van der Waals surface area contributed by atoms with Crippen LogP contribution in [0.3, 0.4) is 0 Å². The zero-order valence-electron chi connectivity index (χ0n) is 17.2. The Morgan fingerprint density at radius 1 is 1.10 bits per heavy atom. The van der Waals surface area contributed by atoms with Crippen molar-refractivity contribution in [1.82, 2.24) is 25.9 Å². The first-order valence-electron chi connectivity index (χ1n) is 9.58. The number of carboxylic acid groups (broad SMARTS) is 1. The topological polar surface area (TPSA) is 200 Å². The summed E-state index contributed by atoms with van der Waals surface area (Å²) in [4.78, 5) is 54.9. The molecule has 3 amide bonds. The summed E-state index contributed by atoms with van der Waals surface area (Å²) in [5.74, 6) is -3.53. The third-order valence-electron chi connectivity index (χ3n) is 4.72. The largest absolute Gasteiger partial charge is 0.480 e. The fraction of sp³-hybridized carbons (Fsp3) is 0.611. The molecule has 8 N–H and O–H groups in total. The van der Waals surface area contributed by atoms with Crippen LogP contribution in [0, 0.1) is 5.92 Å². The number of aliphatic hydroxyl groups is 1. The summed E-state index contributed by atoms with van der Waals surface area (Å²) in [6.07, 6.45) is 3.59. The van der Waals surface area contributed by atoms with E-state index < -0.39 is 54.5 Å². The van der Waals surface area contributed by atoms with Gasteiger partial charge >= 0.3 is 5.97 Å². The van der Waals surface area contributed by atoms with E-state index in [0.29, 0.717) is 12.1 Å². The lowest BCUT2D eigenvalue weighted by atomic mass is 9.98. The number of carbonyl (C=O) groups excluding carboxylic acids is 3. The van der Waals surface area contributed by atoms with E-state index in [2.05, 4.69) is 25.9 Å². The Morgan fingerprint density at radius 3 is 2.20 bits per heavy atom. The Balaban J connectivity index is 2.91. The fourth-order valence-electron chi connectivity index (χ4n) is 2.45. The lowest BCUT2D eigenvalue weighted by molar-refractivity contribution is -0.142. The third kappa shape index (κ3) is 7.44. The number of aliphatic hydroxyl groups excluding tert-OH is 1. The molecule has 1 aromatic rings. The van der Waals surface area contributed by atoms with Crippen LogP contribution in [0.15, 0.2) is 12.5 Å². The minimum absolute atomic E-state index is 0.0378. The number of nitrogens with zero attached hydrogens (tertiary/aromatic N) is 1. The van der Waals surface area contributed by atoms with Crippen LogP contribution < -0.4 is 21.7 Å². The molecule has 1 aromatic heterocycles. The van der Waals surface area contributed by atoms with Crippen LogP contribution in [0.25, 0.3) is 0 Å². The second kappa shape index (κ2) is 11.9. The van der Waals surface area contributed by atoms with Crippen LogP contribution in [0.4, 0.5) is 0 Å². The van der Waals surface area contributed by atoms with Crippen LogP contribution in [0.1, 0.15) is 32.9 Å². The summed E-state index contributed by atoms with van der Waals surface area (Å²) in [6.45, 7) is 4.17. The molecule has 0 radical (unpaired) electrons. The van der Waals surface area contributed by atoms with Gasteiger partial charge in [-0.25, -0.2) is 4.98 Å². The maximum atomic E-state index is 12.8. The molecule has 12 nitrogen and oxygen atoms in total. The number of hydrogen-bond donors (Lipinski definition) is 7. The SMILES string of the molecule is CCC(C)C(N)C(=O)NC(Cc1cnc[nH]1)C(=O)NC(CO)C(=O)NC(C)C(=O)O. The molecule has 0 fully saturated rings. The standard InChI is InChI=1S/C18H30N6O6/c1-4-9(2)14(19)17(28)23-12(5-11-6-20-8-21-11)15(26)24-13(7-25)16(27)22-10(3)18(29)30/h6,8-10,12-14,25H,4-5,7,19H2,1-3H3,(H,20,21)(H,22,27)(H,23,28)(H,24,26)(H,29,30). The van der Waals surface area contributed by atoms with Crippen molar-refractivity contribution in [1.29, 1.82) is 0 Å². The smallest absolute Gasteiger partial charge is 0.325 e. The summed E-state index contributed by atoms with van der Waals surface area (Å²) in [5.41, 5.74) is 6.48. The van der Waals surface area contributed by atoms with Crippen LogP contribution in [-0.4, -0.2) is 74.6 Å². The minimum atomic E-state index is -1.40. The molecule has 1 rings (SSSR count). The van der Waals surface area contributed by atoms with E-state index >= 15 is 0 Å². The van der Waals surface area contributed by atoms with Gasteiger partial charge in [-0.15, -0.1) is 0 Å². The fourth-order valence-corrected chi connectivity index (χ4v) is 2.45. The van der Waals surface area contributed by atoms with E-state index in [0.717, 1.165) is 0 Å². The Hall–Kier alpha value is -2.99. The number of amides is 3. The Labute approximate surface area is 174 Å². The van der Waals surface area contributed by atoms with Gasteiger partial charge in [0.1, 0.15) is 18.1 Å². The number of nitrogens with one attached hydrogen (secondary N) is 4. The summed E-state index contributed by atoms with van der Waals surface area (Å²) in [5, 5.41) is 25.4.